The molecule has 130 valence electrons. The molecule has 0 fully saturated rings. The molecule has 0 aromatic heterocycles. The van der Waals surface area contributed by atoms with Gasteiger partial charge in [-0.1, -0.05) is 6.08 Å². The molecular formula is C16H33IN4O. The zero-order chi connectivity index (χ0) is 16.1. The molecule has 0 saturated heterocycles. The summed E-state index contributed by atoms with van der Waals surface area (Å²) in [5, 5.41) is 3.27. The molecule has 0 aliphatic heterocycles. The third kappa shape index (κ3) is 10.0. The molecule has 0 rings (SSSR count). The van der Waals surface area contributed by atoms with Crippen molar-refractivity contribution >= 4 is 35.8 Å². The van der Waals surface area contributed by atoms with Crippen molar-refractivity contribution in [3.05, 3.63) is 12.7 Å². The van der Waals surface area contributed by atoms with Gasteiger partial charge in [0, 0.05) is 39.6 Å². The van der Waals surface area contributed by atoms with Crippen molar-refractivity contribution in [2.75, 3.05) is 39.8 Å². The molecule has 0 atom stereocenters. The Hall–Kier alpha value is -0.790. The molecule has 0 spiro atoms. The minimum Gasteiger partial charge on any atom is -0.357 e. The highest BCUT2D eigenvalue weighted by Gasteiger charge is 2.09. The maximum atomic E-state index is 11.9. The van der Waals surface area contributed by atoms with Crippen LogP contribution in [0.25, 0.3) is 0 Å². The van der Waals surface area contributed by atoms with Crippen molar-refractivity contribution < 1.29 is 4.79 Å². The van der Waals surface area contributed by atoms with Crippen LogP contribution in [0.15, 0.2) is 17.6 Å². The monoisotopic (exact) mass is 424 g/mol. The van der Waals surface area contributed by atoms with E-state index in [1.165, 1.54) is 0 Å². The Morgan fingerprint density at radius 3 is 2.41 bits per heavy atom. The highest BCUT2D eigenvalue weighted by molar-refractivity contribution is 14.0. The zero-order valence-electron chi connectivity index (χ0n) is 14.6. The lowest BCUT2D eigenvalue weighted by atomic mass is 10.3. The lowest BCUT2D eigenvalue weighted by Crippen LogP contribution is -2.39. The first-order valence-corrected chi connectivity index (χ1v) is 7.98. The first kappa shape index (κ1) is 23.5. The molecule has 5 nitrogen and oxygen atoms in total. The predicted octanol–water partition coefficient (Wildman–Crippen LogP) is 2.73. The van der Waals surface area contributed by atoms with Crippen molar-refractivity contribution in [2.24, 2.45) is 4.99 Å². The minimum atomic E-state index is 0. The molecule has 1 N–H and O–H groups in total. The van der Waals surface area contributed by atoms with Gasteiger partial charge in [0.1, 0.15) is 0 Å². The fourth-order valence-electron chi connectivity index (χ4n) is 2.04. The number of hydrogen-bond acceptors (Lipinski definition) is 2. The number of hydrogen-bond donors (Lipinski definition) is 1. The van der Waals surface area contributed by atoms with Gasteiger partial charge in [-0.15, -0.1) is 30.6 Å². The van der Waals surface area contributed by atoms with Crippen molar-refractivity contribution in [3.63, 3.8) is 0 Å². The number of amides is 1. The van der Waals surface area contributed by atoms with E-state index in [1.807, 2.05) is 38.8 Å². The van der Waals surface area contributed by atoms with Crippen molar-refractivity contribution in [1.82, 2.24) is 15.1 Å². The fraction of sp³-hybridized carbons (Fsp3) is 0.750. The SMILES string of the molecule is C=CCCCN(C)C(=NCCC(=O)N(CC)CC)NCC.I. The molecule has 0 aromatic carbocycles. The van der Waals surface area contributed by atoms with Crippen LogP contribution in [-0.2, 0) is 4.79 Å². The molecule has 0 bridgehead atoms. The number of rotatable bonds is 10. The Balaban J connectivity index is 0. The molecule has 6 heteroatoms. The quantitative estimate of drug-likeness (QED) is 0.193. The smallest absolute Gasteiger partial charge is 0.224 e. The third-order valence-electron chi connectivity index (χ3n) is 3.30. The number of guanidine groups is 1. The topological polar surface area (TPSA) is 47.9 Å². The summed E-state index contributed by atoms with van der Waals surface area (Å²) in [5.41, 5.74) is 0. The average molecular weight is 424 g/mol. The van der Waals surface area contributed by atoms with Crippen LogP contribution >= 0.6 is 24.0 Å². The van der Waals surface area contributed by atoms with Gasteiger partial charge < -0.3 is 15.1 Å². The van der Waals surface area contributed by atoms with Crippen LogP contribution < -0.4 is 5.32 Å². The normalized spacial score (nSPS) is 10.6. The van der Waals surface area contributed by atoms with Crippen molar-refractivity contribution in [3.8, 4) is 0 Å². The first-order valence-electron chi connectivity index (χ1n) is 7.98. The standard InChI is InChI=1S/C16H32N4O.HI/c1-6-10-11-14-19(5)16(17-7-2)18-13-12-15(21)20(8-3)9-4;/h6H,1,7-14H2,2-5H3,(H,17,18);1H. The Morgan fingerprint density at radius 1 is 1.27 bits per heavy atom. The summed E-state index contributed by atoms with van der Waals surface area (Å²) in [6, 6.07) is 0. The van der Waals surface area contributed by atoms with E-state index in [0.717, 1.165) is 45.0 Å². The Bertz CT molecular complexity index is 330. The maximum Gasteiger partial charge on any atom is 0.224 e. The number of aliphatic imine (C=N–C) groups is 1. The number of nitrogens with zero attached hydrogens (tertiary/aromatic N) is 3. The van der Waals surface area contributed by atoms with E-state index >= 15 is 0 Å². The van der Waals surface area contributed by atoms with Gasteiger partial charge >= 0.3 is 0 Å². The van der Waals surface area contributed by atoms with Gasteiger partial charge in [0.2, 0.25) is 5.91 Å². The van der Waals surface area contributed by atoms with Crippen LogP contribution in [0.5, 0.6) is 0 Å². The lowest BCUT2D eigenvalue weighted by molar-refractivity contribution is -0.130. The van der Waals surface area contributed by atoms with Crippen LogP contribution in [0.3, 0.4) is 0 Å². The molecule has 0 heterocycles. The molecule has 0 aromatic rings. The van der Waals surface area contributed by atoms with Crippen LogP contribution in [0, 0.1) is 0 Å². The predicted molar refractivity (Wildman–Crippen MR) is 106 cm³/mol. The van der Waals surface area contributed by atoms with E-state index in [1.54, 1.807) is 0 Å². The lowest BCUT2D eigenvalue weighted by Gasteiger charge is -2.22. The molecule has 1 amide bonds. The Labute approximate surface area is 153 Å². The summed E-state index contributed by atoms with van der Waals surface area (Å²) in [6.07, 6.45) is 4.46. The van der Waals surface area contributed by atoms with E-state index in [9.17, 15) is 4.79 Å². The number of nitrogens with one attached hydrogen (secondary N) is 1. The van der Waals surface area contributed by atoms with E-state index in [4.69, 9.17) is 0 Å². The summed E-state index contributed by atoms with van der Waals surface area (Å²) >= 11 is 0. The molecule has 22 heavy (non-hydrogen) atoms. The van der Waals surface area contributed by atoms with E-state index in [-0.39, 0.29) is 29.9 Å². The van der Waals surface area contributed by atoms with Gasteiger partial charge in [-0.05, 0) is 33.6 Å². The second-order valence-electron chi connectivity index (χ2n) is 4.90. The fourth-order valence-corrected chi connectivity index (χ4v) is 2.04. The highest BCUT2D eigenvalue weighted by Crippen LogP contribution is 1.97. The van der Waals surface area contributed by atoms with Crippen molar-refractivity contribution in [1.29, 1.82) is 0 Å². The molecular weight excluding hydrogens is 391 g/mol. The number of carbonyl (C=O) groups is 1. The summed E-state index contributed by atoms with van der Waals surface area (Å²) < 4.78 is 0. The maximum absolute atomic E-state index is 11.9. The number of carbonyl (C=O) groups excluding carboxylic acids is 1. The van der Waals surface area contributed by atoms with Gasteiger partial charge in [0.25, 0.3) is 0 Å². The average Bonchev–Trinajstić information content (AvgIpc) is 2.47. The molecule has 0 unspecified atom stereocenters. The first-order chi connectivity index (χ1) is 10.1. The van der Waals surface area contributed by atoms with E-state index in [0.29, 0.717) is 13.0 Å². The summed E-state index contributed by atoms with van der Waals surface area (Å²) in [6.45, 7) is 13.6. The van der Waals surface area contributed by atoms with E-state index in [2.05, 4.69) is 21.8 Å². The number of allylic oxidation sites excluding steroid dienone is 1. The van der Waals surface area contributed by atoms with Crippen molar-refractivity contribution in [2.45, 2.75) is 40.0 Å². The van der Waals surface area contributed by atoms with Crippen LogP contribution in [-0.4, -0.2) is 61.4 Å². The molecule has 0 radical (unpaired) electrons. The second-order valence-corrected chi connectivity index (χ2v) is 4.90. The number of unbranched alkanes of at least 4 members (excludes halogenated alkanes) is 1. The molecule has 0 saturated carbocycles. The highest BCUT2D eigenvalue weighted by atomic mass is 127. The minimum absolute atomic E-state index is 0. The Kier molecular flexibility index (Phi) is 16.1. The zero-order valence-corrected chi connectivity index (χ0v) is 16.9. The van der Waals surface area contributed by atoms with E-state index < -0.39 is 0 Å². The van der Waals surface area contributed by atoms with Gasteiger partial charge in [-0.2, -0.15) is 0 Å². The number of halogens is 1. The third-order valence-corrected chi connectivity index (χ3v) is 3.30. The van der Waals surface area contributed by atoms with Crippen LogP contribution in [0.1, 0.15) is 40.0 Å². The van der Waals surface area contributed by atoms with Gasteiger partial charge in [-0.25, -0.2) is 0 Å². The van der Waals surface area contributed by atoms with Crippen LogP contribution in [0.4, 0.5) is 0 Å². The summed E-state index contributed by atoms with van der Waals surface area (Å²) in [5.74, 6) is 1.04. The second kappa shape index (κ2) is 15.1. The van der Waals surface area contributed by atoms with Gasteiger partial charge in [0.15, 0.2) is 5.96 Å². The Morgan fingerprint density at radius 2 is 1.91 bits per heavy atom. The van der Waals surface area contributed by atoms with Gasteiger partial charge in [0.05, 0.1) is 6.54 Å². The molecule has 0 aliphatic rings. The molecule has 0 aliphatic carbocycles. The summed E-state index contributed by atoms with van der Waals surface area (Å²) in [7, 11) is 2.02. The summed E-state index contributed by atoms with van der Waals surface area (Å²) in [4.78, 5) is 20.4. The largest absolute Gasteiger partial charge is 0.357 e. The van der Waals surface area contributed by atoms with Gasteiger partial charge in [-0.3, -0.25) is 9.79 Å². The van der Waals surface area contributed by atoms with Crippen LogP contribution in [0.2, 0.25) is 0 Å².